The van der Waals surface area contributed by atoms with Gasteiger partial charge in [-0.2, -0.15) is 0 Å². The van der Waals surface area contributed by atoms with E-state index in [0.717, 1.165) is 26.5 Å². The number of thioether (sulfide) groups is 1. The first-order chi connectivity index (χ1) is 16.4. The van der Waals surface area contributed by atoms with E-state index in [1.165, 1.54) is 28.0 Å². The zero-order valence-electron chi connectivity index (χ0n) is 18.2. The average Bonchev–Trinajstić information content (AvgIpc) is 3.57. The maximum Gasteiger partial charge on any atom is 0.238 e. The van der Waals surface area contributed by atoms with Gasteiger partial charge in [0.1, 0.15) is 0 Å². The molecule has 0 radical (unpaired) electrons. The van der Waals surface area contributed by atoms with E-state index in [0.29, 0.717) is 16.4 Å². The Morgan fingerprint density at radius 3 is 2.59 bits per heavy atom. The van der Waals surface area contributed by atoms with Crippen LogP contribution in [0, 0.1) is 30.6 Å². The van der Waals surface area contributed by atoms with E-state index in [4.69, 9.17) is 11.6 Å². The summed E-state index contributed by atoms with van der Waals surface area (Å²) in [5.41, 5.74) is 2.99. The smallest absolute Gasteiger partial charge is 0.238 e. The zero-order valence-corrected chi connectivity index (χ0v) is 20.5. The van der Waals surface area contributed by atoms with Gasteiger partial charge < -0.3 is 5.32 Å². The van der Waals surface area contributed by atoms with Gasteiger partial charge in [0.25, 0.3) is 0 Å². The Hall–Kier alpha value is -2.68. The van der Waals surface area contributed by atoms with Gasteiger partial charge in [0.05, 0.1) is 33.5 Å². The molecule has 2 aliphatic carbocycles. The zero-order chi connectivity index (χ0) is 23.6. The molecule has 1 aromatic heterocycles. The topological polar surface area (TPSA) is 79.4 Å². The van der Waals surface area contributed by atoms with Crippen LogP contribution >= 0.6 is 34.7 Å². The van der Waals surface area contributed by atoms with Crippen LogP contribution in [0.25, 0.3) is 10.2 Å². The van der Waals surface area contributed by atoms with Crippen molar-refractivity contribution in [3.63, 3.8) is 0 Å². The summed E-state index contributed by atoms with van der Waals surface area (Å²) in [6, 6.07) is 10.9. The number of hydrogen-bond donors (Lipinski definition) is 1. The summed E-state index contributed by atoms with van der Waals surface area (Å²) in [5.74, 6) is -0.160. The fourth-order valence-corrected chi connectivity index (χ4v) is 7.33. The predicted molar refractivity (Wildman–Crippen MR) is 135 cm³/mol. The summed E-state index contributed by atoms with van der Waals surface area (Å²) >= 11 is 8.92. The Kier molecular flexibility index (Phi) is 5.28. The van der Waals surface area contributed by atoms with Crippen molar-refractivity contribution in [2.24, 2.45) is 23.7 Å². The second kappa shape index (κ2) is 8.22. The number of imide groups is 1. The van der Waals surface area contributed by atoms with Gasteiger partial charge in [-0.1, -0.05) is 41.6 Å². The molecular weight excluding hydrogens is 490 g/mol. The highest BCUT2D eigenvalue weighted by molar-refractivity contribution is 8.01. The van der Waals surface area contributed by atoms with Gasteiger partial charge in [-0.15, -0.1) is 11.3 Å². The van der Waals surface area contributed by atoms with E-state index in [9.17, 15) is 14.4 Å². The van der Waals surface area contributed by atoms with Crippen molar-refractivity contribution in [1.29, 1.82) is 0 Å². The van der Waals surface area contributed by atoms with Crippen LogP contribution in [-0.4, -0.2) is 28.5 Å². The molecule has 2 bridgehead atoms. The lowest BCUT2D eigenvalue weighted by atomic mass is 9.85. The van der Waals surface area contributed by atoms with Gasteiger partial charge in [0.2, 0.25) is 17.7 Å². The van der Waals surface area contributed by atoms with Crippen LogP contribution in [0.3, 0.4) is 0 Å². The molecule has 6 nitrogen and oxygen atoms in total. The Morgan fingerprint density at radius 2 is 1.88 bits per heavy atom. The highest BCUT2D eigenvalue weighted by atomic mass is 35.5. The quantitative estimate of drug-likeness (QED) is 0.287. The summed E-state index contributed by atoms with van der Waals surface area (Å²) in [4.78, 5) is 44.5. The van der Waals surface area contributed by atoms with Gasteiger partial charge in [-0.05, 0) is 61.1 Å². The summed E-state index contributed by atoms with van der Waals surface area (Å²) in [6.45, 7) is 1.91. The number of aromatic nitrogens is 1. The van der Waals surface area contributed by atoms with Gasteiger partial charge >= 0.3 is 0 Å². The van der Waals surface area contributed by atoms with E-state index in [1.807, 2.05) is 31.2 Å². The molecule has 2 aromatic carbocycles. The van der Waals surface area contributed by atoms with Crippen LogP contribution in [0.4, 0.5) is 11.4 Å². The van der Waals surface area contributed by atoms with Gasteiger partial charge in [-0.25, -0.2) is 9.88 Å². The molecule has 172 valence electrons. The SMILES string of the molecule is Cc1ccc(NC(=O)CSc2nc3ccc(N4C(=O)[C@@H]5[C@@H](C4=O)[C@H]4C=C[C@H]5C4)cc3s2)cc1Cl. The van der Waals surface area contributed by atoms with Crippen molar-refractivity contribution < 1.29 is 14.4 Å². The monoisotopic (exact) mass is 509 g/mol. The number of thiazole rings is 1. The lowest BCUT2D eigenvalue weighted by Crippen LogP contribution is -2.32. The number of benzene rings is 2. The number of rotatable bonds is 5. The Balaban J connectivity index is 1.15. The van der Waals surface area contributed by atoms with Crippen LogP contribution in [0.2, 0.25) is 5.02 Å². The van der Waals surface area contributed by atoms with Gasteiger partial charge in [-0.3, -0.25) is 14.4 Å². The van der Waals surface area contributed by atoms with E-state index in [1.54, 1.807) is 12.1 Å². The largest absolute Gasteiger partial charge is 0.325 e. The molecule has 1 saturated heterocycles. The molecule has 2 heterocycles. The number of anilines is 2. The number of carbonyl (C=O) groups excluding carboxylic acids is 3. The van der Waals surface area contributed by atoms with Crippen LogP contribution in [0.15, 0.2) is 52.9 Å². The van der Waals surface area contributed by atoms with Crippen LogP contribution in [-0.2, 0) is 14.4 Å². The molecule has 4 atom stereocenters. The molecule has 1 aliphatic heterocycles. The maximum atomic E-state index is 13.1. The first-order valence-electron chi connectivity index (χ1n) is 11.0. The molecule has 0 spiro atoms. The minimum absolute atomic E-state index is 0.0850. The minimum Gasteiger partial charge on any atom is -0.325 e. The highest BCUT2D eigenvalue weighted by Gasteiger charge is 2.59. The number of allylic oxidation sites excluding steroid dienone is 2. The number of hydrogen-bond acceptors (Lipinski definition) is 6. The van der Waals surface area contributed by atoms with E-state index in [2.05, 4.69) is 22.5 Å². The fraction of sp³-hybridized carbons (Fsp3) is 0.280. The van der Waals surface area contributed by atoms with Crippen molar-refractivity contribution in [1.82, 2.24) is 4.98 Å². The van der Waals surface area contributed by atoms with Gasteiger partial charge in [0, 0.05) is 10.7 Å². The fourth-order valence-electron chi connectivity index (χ4n) is 5.24. The summed E-state index contributed by atoms with van der Waals surface area (Å²) in [6.07, 6.45) is 5.11. The lowest BCUT2D eigenvalue weighted by Gasteiger charge is -2.17. The molecule has 3 amide bonds. The number of nitrogens with zero attached hydrogens (tertiary/aromatic N) is 2. The first kappa shape index (κ1) is 21.8. The number of fused-ring (bicyclic) bond motifs is 6. The number of amides is 3. The molecule has 2 fully saturated rings. The minimum atomic E-state index is -0.215. The van der Waals surface area contributed by atoms with Crippen LogP contribution < -0.4 is 10.2 Å². The number of nitrogens with one attached hydrogen (secondary N) is 1. The normalized spacial score (nSPS) is 24.9. The molecular formula is C25H20ClN3O3S2. The van der Waals surface area contributed by atoms with E-state index >= 15 is 0 Å². The standard InChI is InChI=1S/C25H20ClN3O3S2/c1-12-2-5-15(9-17(12)26)27-20(30)11-33-25-28-18-7-6-16(10-19(18)34-25)29-23(31)21-13-3-4-14(8-13)22(21)24(29)32/h2-7,9-10,13-14,21-22H,8,11H2,1H3,(H,27,30)/t13-,14-,21-,22-/m0/s1. The Morgan fingerprint density at radius 1 is 1.15 bits per heavy atom. The van der Waals surface area contributed by atoms with Gasteiger partial charge in [0.15, 0.2) is 4.34 Å². The molecule has 6 rings (SSSR count). The molecule has 34 heavy (non-hydrogen) atoms. The molecule has 1 N–H and O–H groups in total. The molecule has 9 heteroatoms. The van der Waals surface area contributed by atoms with Crippen molar-refractivity contribution in [3.05, 3.63) is 59.1 Å². The average molecular weight is 510 g/mol. The third-order valence-corrected chi connectivity index (χ3v) is 9.43. The predicted octanol–water partition coefficient (Wildman–Crippen LogP) is 5.30. The van der Waals surface area contributed by atoms with Crippen LogP contribution in [0.1, 0.15) is 12.0 Å². The second-order valence-corrected chi connectivity index (χ2v) is 11.6. The number of halogens is 1. The van der Waals surface area contributed by atoms with Crippen molar-refractivity contribution in [3.8, 4) is 0 Å². The van der Waals surface area contributed by atoms with E-state index in [-0.39, 0.29) is 47.1 Å². The second-order valence-electron chi connectivity index (χ2n) is 8.94. The molecule has 3 aliphatic rings. The number of carbonyl (C=O) groups is 3. The maximum absolute atomic E-state index is 13.1. The molecule has 0 unspecified atom stereocenters. The summed E-state index contributed by atoms with van der Waals surface area (Å²) in [7, 11) is 0. The third-order valence-electron chi connectivity index (χ3n) is 6.86. The Labute approximate surface area is 209 Å². The molecule has 1 saturated carbocycles. The third kappa shape index (κ3) is 3.56. The Bertz CT molecular complexity index is 1370. The molecule has 3 aromatic rings. The first-order valence-corrected chi connectivity index (χ1v) is 13.2. The summed E-state index contributed by atoms with van der Waals surface area (Å²) < 4.78 is 1.63. The summed E-state index contributed by atoms with van der Waals surface area (Å²) in [5, 5.41) is 3.45. The van der Waals surface area contributed by atoms with Crippen molar-refractivity contribution >= 4 is 74.0 Å². The van der Waals surface area contributed by atoms with Crippen molar-refractivity contribution in [2.45, 2.75) is 17.7 Å². The van der Waals surface area contributed by atoms with Crippen LogP contribution in [0.5, 0.6) is 0 Å². The van der Waals surface area contributed by atoms with E-state index < -0.39 is 0 Å². The van der Waals surface area contributed by atoms with Crippen molar-refractivity contribution in [2.75, 3.05) is 16.0 Å². The lowest BCUT2D eigenvalue weighted by molar-refractivity contribution is -0.123. The highest BCUT2D eigenvalue weighted by Crippen LogP contribution is 2.53. The number of aryl methyl sites for hydroxylation is 1.